The Kier molecular flexibility index (Phi) is 7.78. The molecule has 1 rings (SSSR count). The second-order valence-electron chi connectivity index (χ2n) is 5.52. The highest BCUT2D eigenvalue weighted by Gasteiger charge is 2.05. The van der Waals surface area contributed by atoms with Crippen molar-refractivity contribution in [3.63, 3.8) is 0 Å². The van der Waals surface area contributed by atoms with Crippen molar-refractivity contribution in [1.29, 1.82) is 0 Å². The Hall–Kier alpha value is -1.51. The van der Waals surface area contributed by atoms with Crippen molar-refractivity contribution in [2.75, 3.05) is 13.2 Å². The van der Waals surface area contributed by atoms with E-state index in [1.807, 2.05) is 31.2 Å². The first-order valence-electron chi connectivity index (χ1n) is 7.43. The smallest absolute Gasteiger partial charge is 0.344 e. The monoisotopic (exact) mass is 278 g/mol. The van der Waals surface area contributed by atoms with Gasteiger partial charge in [0.2, 0.25) is 0 Å². The van der Waals surface area contributed by atoms with Crippen LogP contribution in [0.25, 0.3) is 0 Å². The number of unbranched alkanes of at least 4 members (excludes halogenated alkanes) is 2. The van der Waals surface area contributed by atoms with Crippen molar-refractivity contribution in [1.82, 2.24) is 0 Å². The molecule has 0 unspecified atom stereocenters. The van der Waals surface area contributed by atoms with E-state index in [1.165, 1.54) is 12.8 Å². The zero-order valence-corrected chi connectivity index (χ0v) is 12.9. The summed E-state index contributed by atoms with van der Waals surface area (Å²) in [5, 5.41) is 0. The standard InChI is InChI=1S/C17H26O3/c1-14(2)9-5-4-8-12-19-17(18)13-20-16-11-7-6-10-15(16)3/h6-7,10-11,14H,4-5,8-9,12-13H2,1-3H3. The molecule has 0 saturated heterocycles. The Labute approximate surface area is 122 Å². The van der Waals surface area contributed by atoms with Crippen LogP contribution in [0.15, 0.2) is 24.3 Å². The Morgan fingerprint density at radius 3 is 2.60 bits per heavy atom. The first kappa shape index (κ1) is 16.5. The number of hydrogen-bond donors (Lipinski definition) is 0. The third-order valence-corrected chi connectivity index (χ3v) is 3.13. The van der Waals surface area contributed by atoms with Gasteiger partial charge in [-0.15, -0.1) is 0 Å². The Morgan fingerprint density at radius 2 is 1.90 bits per heavy atom. The number of benzene rings is 1. The fourth-order valence-electron chi connectivity index (χ4n) is 1.91. The molecule has 0 saturated carbocycles. The summed E-state index contributed by atoms with van der Waals surface area (Å²) in [6, 6.07) is 7.64. The van der Waals surface area contributed by atoms with Gasteiger partial charge in [0.05, 0.1) is 6.61 Å². The van der Waals surface area contributed by atoms with Gasteiger partial charge in [-0.1, -0.05) is 51.3 Å². The molecule has 112 valence electrons. The zero-order valence-electron chi connectivity index (χ0n) is 12.9. The van der Waals surface area contributed by atoms with Crippen LogP contribution in [0.4, 0.5) is 0 Å². The molecule has 0 amide bonds. The van der Waals surface area contributed by atoms with Gasteiger partial charge in [0.1, 0.15) is 5.75 Å². The summed E-state index contributed by atoms with van der Waals surface area (Å²) < 4.78 is 10.6. The molecule has 0 spiro atoms. The molecule has 3 nitrogen and oxygen atoms in total. The molecule has 0 fully saturated rings. The molecule has 0 radical (unpaired) electrons. The summed E-state index contributed by atoms with van der Waals surface area (Å²) in [6.07, 6.45) is 4.49. The van der Waals surface area contributed by atoms with Crippen molar-refractivity contribution in [3.8, 4) is 5.75 Å². The van der Waals surface area contributed by atoms with Gasteiger partial charge in [0.25, 0.3) is 0 Å². The minimum atomic E-state index is -0.294. The molecule has 0 aromatic heterocycles. The van der Waals surface area contributed by atoms with Gasteiger partial charge in [0.15, 0.2) is 6.61 Å². The normalized spacial score (nSPS) is 10.6. The number of hydrogen-bond acceptors (Lipinski definition) is 3. The van der Waals surface area contributed by atoms with Crippen LogP contribution in [0.5, 0.6) is 5.75 Å². The van der Waals surface area contributed by atoms with Crippen LogP contribution in [0.3, 0.4) is 0 Å². The lowest BCUT2D eigenvalue weighted by molar-refractivity contribution is -0.146. The minimum absolute atomic E-state index is 0.0170. The lowest BCUT2D eigenvalue weighted by Crippen LogP contribution is -2.15. The molecule has 3 heteroatoms. The van der Waals surface area contributed by atoms with Gasteiger partial charge in [0, 0.05) is 0 Å². The van der Waals surface area contributed by atoms with Crippen LogP contribution in [0.2, 0.25) is 0 Å². The first-order valence-corrected chi connectivity index (χ1v) is 7.43. The van der Waals surface area contributed by atoms with Gasteiger partial charge in [-0.3, -0.25) is 0 Å². The summed E-state index contributed by atoms with van der Waals surface area (Å²) >= 11 is 0. The van der Waals surface area contributed by atoms with Gasteiger partial charge in [-0.05, 0) is 30.9 Å². The SMILES string of the molecule is Cc1ccccc1OCC(=O)OCCCCCC(C)C. The topological polar surface area (TPSA) is 35.5 Å². The fourth-order valence-corrected chi connectivity index (χ4v) is 1.91. The number of carbonyl (C=O) groups excluding carboxylic acids is 1. The zero-order chi connectivity index (χ0) is 14.8. The summed E-state index contributed by atoms with van der Waals surface area (Å²) in [7, 11) is 0. The van der Waals surface area contributed by atoms with Gasteiger partial charge >= 0.3 is 5.97 Å². The first-order chi connectivity index (χ1) is 9.59. The Bertz CT molecular complexity index is 399. The molecular formula is C17H26O3. The number of para-hydroxylation sites is 1. The van der Waals surface area contributed by atoms with Crippen molar-refractivity contribution < 1.29 is 14.3 Å². The van der Waals surface area contributed by atoms with Crippen LogP contribution >= 0.6 is 0 Å². The number of carbonyl (C=O) groups is 1. The summed E-state index contributed by atoms with van der Waals surface area (Å²) in [4.78, 5) is 11.5. The maximum Gasteiger partial charge on any atom is 0.344 e. The fraction of sp³-hybridized carbons (Fsp3) is 0.588. The van der Waals surface area contributed by atoms with Crippen molar-refractivity contribution in [2.24, 2.45) is 5.92 Å². The third kappa shape index (κ3) is 7.17. The average Bonchev–Trinajstić information content (AvgIpc) is 2.41. The average molecular weight is 278 g/mol. The van der Waals surface area contributed by atoms with E-state index in [-0.39, 0.29) is 12.6 Å². The molecule has 0 aliphatic carbocycles. The summed E-state index contributed by atoms with van der Waals surface area (Å²) in [5.41, 5.74) is 1.02. The molecular weight excluding hydrogens is 252 g/mol. The number of rotatable bonds is 9. The highest BCUT2D eigenvalue weighted by molar-refractivity contribution is 5.71. The summed E-state index contributed by atoms with van der Waals surface area (Å²) in [6.45, 7) is 6.88. The highest BCUT2D eigenvalue weighted by Crippen LogP contribution is 2.15. The van der Waals surface area contributed by atoms with Crippen LogP contribution < -0.4 is 4.74 Å². The molecule has 0 bridgehead atoms. The summed E-state index contributed by atoms with van der Waals surface area (Å²) in [5.74, 6) is 1.19. The molecule has 0 aliphatic heterocycles. The molecule has 0 aliphatic rings. The maximum atomic E-state index is 11.5. The third-order valence-electron chi connectivity index (χ3n) is 3.13. The van der Waals surface area contributed by atoms with E-state index >= 15 is 0 Å². The van der Waals surface area contributed by atoms with Crippen molar-refractivity contribution in [3.05, 3.63) is 29.8 Å². The Balaban J connectivity index is 2.08. The van der Waals surface area contributed by atoms with Crippen LogP contribution in [-0.4, -0.2) is 19.2 Å². The van der Waals surface area contributed by atoms with Crippen LogP contribution in [0, 0.1) is 12.8 Å². The van der Waals surface area contributed by atoms with Crippen molar-refractivity contribution >= 4 is 5.97 Å². The van der Waals surface area contributed by atoms with E-state index in [9.17, 15) is 4.79 Å². The van der Waals surface area contributed by atoms with Gasteiger partial charge in [-0.25, -0.2) is 4.79 Å². The number of aryl methyl sites for hydroxylation is 1. The minimum Gasteiger partial charge on any atom is -0.482 e. The van der Waals surface area contributed by atoms with Gasteiger partial charge < -0.3 is 9.47 Å². The predicted molar refractivity (Wildman–Crippen MR) is 80.9 cm³/mol. The second kappa shape index (κ2) is 9.40. The van der Waals surface area contributed by atoms with Gasteiger partial charge in [-0.2, -0.15) is 0 Å². The Morgan fingerprint density at radius 1 is 1.15 bits per heavy atom. The molecule has 0 N–H and O–H groups in total. The van der Waals surface area contributed by atoms with Crippen molar-refractivity contribution in [2.45, 2.75) is 46.5 Å². The number of esters is 1. The van der Waals surface area contributed by atoms with E-state index in [4.69, 9.17) is 9.47 Å². The van der Waals surface area contributed by atoms with E-state index in [1.54, 1.807) is 0 Å². The molecule has 1 aromatic rings. The maximum absolute atomic E-state index is 11.5. The second-order valence-corrected chi connectivity index (χ2v) is 5.52. The highest BCUT2D eigenvalue weighted by atomic mass is 16.6. The lowest BCUT2D eigenvalue weighted by atomic mass is 10.1. The van der Waals surface area contributed by atoms with Crippen LogP contribution in [-0.2, 0) is 9.53 Å². The molecule has 0 atom stereocenters. The van der Waals surface area contributed by atoms with E-state index in [2.05, 4.69) is 13.8 Å². The van der Waals surface area contributed by atoms with E-state index in [0.717, 1.165) is 30.1 Å². The van der Waals surface area contributed by atoms with E-state index < -0.39 is 0 Å². The quantitative estimate of drug-likeness (QED) is 0.503. The largest absolute Gasteiger partial charge is 0.482 e. The van der Waals surface area contributed by atoms with E-state index in [0.29, 0.717) is 6.61 Å². The lowest BCUT2D eigenvalue weighted by Gasteiger charge is -2.09. The number of ether oxygens (including phenoxy) is 2. The van der Waals surface area contributed by atoms with Crippen LogP contribution in [0.1, 0.15) is 45.1 Å². The predicted octanol–water partition coefficient (Wildman–Crippen LogP) is 4.13. The molecule has 1 aromatic carbocycles. The molecule has 20 heavy (non-hydrogen) atoms. The molecule has 0 heterocycles.